The number of nitro groups is 1. The van der Waals surface area contributed by atoms with E-state index in [0.717, 1.165) is 5.56 Å². The molecule has 1 atom stereocenters. The second kappa shape index (κ2) is 5.64. The van der Waals surface area contributed by atoms with Crippen LogP contribution in [0.5, 0.6) is 0 Å². The number of rotatable bonds is 4. The lowest BCUT2D eigenvalue weighted by Gasteiger charge is -2.15. The van der Waals surface area contributed by atoms with E-state index in [-0.39, 0.29) is 17.5 Å². The Morgan fingerprint density at radius 1 is 1.35 bits per heavy atom. The first-order valence-corrected chi connectivity index (χ1v) is 6.10. The number of nitrogens with one attached hydrogen (secondary N) is 1. The summed E-state index contributed by atoms with van der Waals surface area (Å²) in [6.45, 7) is 3.53. The normalized spacial score (nSPS) is 11.9. The second-order valence-electron chi connectivity index (χ2n) is 4.53. The van der Waals surface area contributed by atoms with Gasteiger partial charge in [0.25, 0.3) is 5.69 Å². The van der Waals surface area contributed by atoms with E-state index in [4.69, 9.17) is 0 Å². The Morgan fingerprint density at radius 2 is 2.10 bits per heavy atom. The van der Waals surface area contributed by atoms with Crippen LogP contribution in [0.2, 0.25) is 0 Å². The van der Waals surface area contributed by atoms with Crippen LogP contribution in [-0.4, -0.2) is 9.91 Å². The fourth-order valence-electron chi connectivity index (χ4n) is 1.80. The van der Waals surface area contributed by atoms with Crippen molar-refractivity contribution in [3.63, 3.8) is 0 Å². The Hall–Kier alpha value is -2.50. The molecular weight excluding hydrogens is 261 g/mol. The van der Waals surface area contributed by atoms with E-state index in [1.165, 1.54) is 24.4 Å². The third-order valence-corrected chi connectivity index (χ3v) is 3.01. The molecule has 0 amide bonds. The van der Waals surface area contributed by atoms with Gasteiger partial charge in [0.1, 0.15) is 11.6 Å². The smallest absolute Gasteiger partial charge is 0.274 e. The first-order chi connectivity index (χ1) is 9.47. The highest BCUT2D eigenvalue weighted by molar-refractivity contribution is 5.46. The number of halogens is 1. The summed E-state index contributed by atoms with van der Waals surface area (Å²) in [7, 11) is 0. The van der Waals surface area contributed by atoms with E-state index in [1.807, 2.05) is 13.0 Å². The Balaban J connectivity index is 2.18. The van der Waals surface area contributed by atoms with Crippen molar-refractivity contribution in [1.29, 1.82) is 0 Å². The number of pyridine rings is 1. The molecule has 6 heteroatoms. The monoisotopic (exact) mass is 275 g/mol. The minimum atomic E-state index is -0.483. The van der Waals surface area contributed by atoms with Crippen molar-refractivity contribution in [2.24, 2.45) is 0 Å². The van der Waals surface area contributed by atoms with Gasteiger partial charge in [-0.15, -0.1) is 0 Å². The number of hydrogen-bond donors (Lipinski definition) is 1. The zero-order valence-electron chi connectivity index (χ0n) is 11.1. The van der Waals surface area contributed by atoms with Crippen molar-refractivity contribution in [3.05, 3.63) is 63.6 Å². The summed E-state index contributed by atoms with van der Waals surface area (Å²) in [5.74, 6) is 0.107. The molecule has 0 fully saturated rings. The van der Waals surface area contributed by atoms with Gasteiger partial charge in [0.15, 0.2) is 0 Å². The third kappa shape index (κ3) is 3.09. The van der Waals surface area contributed by atoms with Gasteiger partial charge in [-0.1, -0.05) is 12.1 Å². The molecule has 1 unspecified atom stereocenters. The number of nitrogens with zero attached hydrogens (tertiary/aromatic N) is 2. The number of benzene rings is 1. The molecule has 20 heavy (non-hydrogen) atoms. The molecule has 0 aliphatic carbocycles. The number of hydrogen-bond acceptors (Lipinski definition) is 4. The maximum absolute atomic E-state index is 13.5. The van der Waals surface area contributed by atoms with Crippen LogP contribution >= 0.6 is 0 Å². The van der Waals surface area contributed by atoms with Gasteiger partial charge in [-0.25, -0.2) is 9.37 Å². The third-order valence-electron chi connectivity index (χ3n) is 3.01. The average Bonchev–Trinajstić information content (AvgIpc) is 2.42. The molecule has 104 valence electrons. The molecule has 0 saturated carbocycles. The summed E-state index contributed by atoms with van der Waals surface area (Å²) in [5.41, 5.74) is 1.29. The van der Waals surface area contributed by atoms with Crippen LogP contribution in [0.15, 0.2) is 36.5 Å². The highest BCUT2D eigenvalue weighted by atomic mass is 19.1. The van der Waals surface area contributed by atoms with Crippen LogP contribution in [-0.2, 0) is 0 Å². The molecular formula is C14H14FN3O2. The standard InChI is InChI=1S/C14H14FN3O2/c1-9-3-4-11(7-13(9)15)10(2)17-14-8-12(18(19)20)5-6-16-14/h3-8,10H,1-2H3,(H,16,17). The van der Waals surface area contributed by atoms with Crippen molar-refractivity contribution in [1.82, 2.24) is 4.98 Å². The zero-order chi connectivity index (χ0) is 14.7. The fraction of sp³-hybridized carbons (Fsp3) is 0.214. The largest absolute Gasteiger partial charge is 0.363 e. The molecule has 0 saturated heterocycles. The SMILES string of the molecule is Cc1ccc(C(C)Nc2cc([N+](=O)[O-])ccn2)cc1F. The van der Waals surface area contributed by atoms with Crippen LogP contribution in [0, 0.1) is 22.9 Å². The summed E-state index contributed by atoms with van der Waals surface area (Å²) in [6, 6.07) is 7.42. The first-order valence-electron chi connectivity index (χ1n) is 6.10. The van der Waals surface area contributed by atoms with Gasteiger partial charge in [-0.3, -0.25) is 10.1 Å². The van der Waals surface area contributed by atoms with Gasteiger partial charge in [0.2, 0.25) is 0 Å². The lowest BCUT2D eigenvalue weighted by Crippen LogP contribution is -2.08. The molecule has 1 aromatic heterocycles. The van der Waals surface area contributed by atoms with Crippen LogP contribution < -0.4 is 5.32 Å². The molecule has 0 radical (unpaired) electrons. The number of aryl methyl sites for hydroxylation is 1. The molecule has 2 rings (SSSR count). The van der Waals surface area contributed by atoms with Crippen molar-refractivity contribution in [2.75, 3.05) is 5.32 Å². The van der Waals surface area contributed by atoms with Crippen LogP contribution in [0.3, 0.4) is 0 Å². The molecule has 1 N–H and O–H groups in total. The van der Waals surface area contributed by atoms with Gasteiger partial charge in [-0.05, 0) is 31.0 Å². The summed E-state index contributed by atoms with van der Waals surface area (Å²) < 4.78 is 13.5. The van der Waals surface area contributed by atoms with E-state index in [2.05, 4.69) is 10.3 Å². The van der Waals surface area contributed by atoms with E-state index in [1.54, 1.807) is 13.0 Å². The summed E-state index contributed by atoms with van der Waals surface area (Å²) in [4.78, 5) is 14.2. The lowest BCUT2D eigenvalue weighted by molar-refractivity contribution is -0.384. The van der Waals surface area contributed by atoms with Crippen molar-refractivity contribution in [2.45, 2.75) is 19.9 Å². The topological polar surface area (TPSA) is 68.1 Å². The van der Waals surface area contributed by atoms with Crippen LogP contribution in [0.1, 0.15) is 24.1 Å². The Bertz CT molecular complexity index is 646. The van der Waals surface area contributed by atoms with Gasteiger partial charge >= 0.3 is 0 Å². The summed E-state index contributed by atoms with van der Waals surface area (Å²) in [6.07, 6.45) is 1.36. The zero-order valence-corrected chi connectivity index (χ0v) is 11.1. The Morgan fingerprint density at radius 3 is 2.75 bits per heavy atom. The molecule has 1 aromatic carbocycles. The highest BCUT2D eigenvalue weighted by Crippen LogP contribution is 2.22. The van der Waals surface area contributed by atoms with E-state index < -0.39 is 4.92 Å². The Labute approximate surface area is 115 Å². The summed E-state index contributed by atoms with van der Waals surface area (Å²) in [5, 5.41) is 13.7. The average molecular weight is 275 g/mol. The van der Waals surface area contributed by atoms with Gasteiger partial charge in [-0.2, -0.15) is 0 Å². The maximum Gasteiger partial charge on any atom is 0.274 e. The minimum absolute atomic E-state index is 0.0372. The molecule has 0 aliphatic heterocycles. The highest BCUT2D eigenvalue weighted by Gasteiger charge is 2.11. The van der Waals surface area contributed by atoms with Gasteiger partial charge < -0.3 is 5.32 Å². The molecule has 0 bridgehead atoms. The number of anilines is 1. The number of aromatic nitrogens is 1. The van der Waals surface area contributed by atoms with Crippen molar-refractivity contribution >= 4 is 11.5 Å². The fourth-order valence-corrected chi connectivity index (χ4v) is 1.80. The molecule has 1 heterocycles. The molecule has 0 aliphatic rings. The summed E-state index contributed by atoms with van der Waals surface area (Å²) >= 11 is 0. The predicted octanol–water partition coefficient (Wildman–Crippen LogP) is 3.61. The van der Waals surface area contributed by atoms with Gasteiger partial charge in [0, 0.05) is 12.3 Å². The molecule has 0 spiro atoms. The van der Waals surface area contributed by atoms with E-state index >= 15 is 0 Å². The lowest BCUT2D eigenvalue weighted by atomic mass is 10.1. The molecule has 5 nitrogen and oxygen atoms in total. The predicted molar refractivity (Wildman–Crippen MR) is 74.1 cm³/mol. The second-order valence-corrected chi connectivity index (χ2v) is 4.53. The minimum Gasteiger partial charge on any atom is -0.363 e. The van der Waals surface area contributed by atoms with Gasteiger partial charge in [0.05, 0.1) is 17.0 Å². The molecule has 2 aromatic rings. The first kappa shape index (κ1) is 13.9. The quantitative estimate of drug-likeness (QED) is 0.683. The van der Waals surface area contributed by atoms with Crippen molar-refractivity contribution < 1.29 is 9.31 Å². The van der Waals surface area contributed by atoms with Crippen LogP contribution in [0.4, 0.5) is 15.9 Å². The van der Waals surface area contributed by atoms with E-state index in [9.17, 15) is 14.5 Å². The Kier molecular flexibility index (Phi) is 3.93. The van der Waals surface area contributed by atoms with E-state index in [0.29, 0.717) is 11.4 Å². The van der Waals surface area contributed by atoms with Crippen molar-refractivity contribution in [3.8, 4) is 0 Å². The van der Waals surface area contributed by atoms with Crippen LogP contribution in [0.25, 0.3) is 0 Å². The maximum atomic E-state index is 13.5.